The van der Waals surface area contributed by atoms with Crippen molar-refractivity contribution in [1.29, 1.82) is 0 Å². The Kier molecular flexibility index (Phi) is 3.01. The van der Waals surface area contributed by atoms with Crippen molar-refractivity contribution in [3.63, 3.8) is 0 Å². The van der Waals surface area contributed by atoms with E-state index in [1.165, 1.54) is 6.07 Å². The van der Waals surface area contributed by atoms with Crippen molar-refractivity contribution in [3.8, 4) is 17.1 Å². The van der Waals surface area contributed by atoms with Gasteiger partial charge < -0.3 is 9.52 Å². The van der Waals surface area contributed by atoms with Gasteiger partial charge in [0.1, 0.15) is 16.4 Å². The fourth-order valence-electron chi connectivity index (χ4n) is 1.94. The van der Waals surface area contributed by atoms with E-state index in [-0.39, 0.29) is 5.75 Å². The van der Waals surface area contributed by atoms with E-state index >= 15 is 0 Å². The first kappa shape index (κ1) is 11.9. The van der Waals surface area contributed by atoms with Crippen molar-refractivity contribution in [2.24, 2.45) is 0 Å². The van der Waals surface area contributed by atoms with Gasteiger partial charge in [-0.2, -0.15) is 10.9 Å². The van der Waals surface area contributed by atoms with Crippen molar-refractivity contribution in [3.05, 3.63) is 69.8 Å². The predicted octanol–water partition coefficient (Wildman–Crippen LogP) is 3.41. The van der Waals surface area contributed by atoms with E-state index in [1.54, 1.807) is 0 Å². The summed E-state index contributed by atoms with van der Waals surface area (Å²) < 4.78 is 5.32. The molecule has 2 aromatic rings. The molecule has 4 heteroatoms. The lowest BCUT2D eigenvalue weighted by molar-refractivity contribution is 0.430. The highest BCUT2D eigenvalue weighted by atomic mass is 32.2. The summed E-state index contributed by atoms with van der Waals surface area (Å²) in [5.74, 6) is 0.381. The van der Waals surface area contributed by atoms with Gasteiger partial charge in [0, 0.05) is 11.6 Å². The summed E-state index contributed by atoms with van der Waals surface area (Å²) in [5.41, 5.74) is 0.299. The Balaban J connectivity index is 2.11. The van der Waals surface area contributed by atoms with Gasteiger partial charge in [0.15, 0.2) is 0 Å². The molecule has 0 unspecified atom stereocenters. The molecule has 2 heterocycles. The molecule has 1 aliphatic rings. The van der Waals surface area contributed by atoms with Crippen molar-refractivity contribution >= 4 is 10.9 Å². The number of aromatic hydroxyl groups is 1. The third-order valence-electron chi connectivity index (χ3n) is 2.83. The number of benzene rings is 1. The van der Waals surface area contributed by atoms with Crippen molar-refractivity contribution in [2.45, 2.75) is 4.90 Å². The van der Waals surface area contributed by atoms with Crippen LogP contribution in [0.2, 0.25) is 0 Å². The van der Waals surface area contributed by atoms with E-state index in [9.17, 15) is 9.90 Å². The summed E-state index contributed by atoms with van der Waals surface area (Å²) in [6.45, 7) is 0. The summed E-state index contributed by atoms with van der Waals surface area (Å²) in [6, 6.07) is 10.8. The highest BCUT2D eigenvalue weighted by Crippen LogP contribution is 2.44. The van der Waals surface area contributed by atoms with Crippen LogP contribution in [0.1, 0.15) is 0 Å². The second-order valence-corrected chi connectivity index (χ2v) is 5.95. The topological polar surface area (TPSA) is 50.4 Å². The van der Waals surface area contributed by atoms with Crippen LogP contribution in [-0.2, 0) is 0 Å². The lowest BCUT2D eigenvalue weighted by Crippen LogP contribution is -2.04. The fraction of sp³-hybridized carbons (Fsp3) is 0. The maximum absolute atomic E-state index is 12.0. The molecule has 0 saturated carbocycles. The summed E-state index contributed by atoms with van der Waals surface area (Å²) in [5, 5.41) is 13.9. The van der Waals surface area contributed by atoms with Crippen LogP contribution < -0.4 is 5.63 Å². The zero-order chi connectivity index (χ0) is 13.2. The summed E-state index contributed by atoms with van der Waals surface area (Å²) >= 11 is 0. The molecule has 3 nitrogen and oxygen atoms in total. The fourth-order valence-corrected chi connectivity index (χ4v) is 3.49. The van der Waals surface area contributed by atoms with E-state index in [1.807, 2.05) is 53.3 Å². The average molecular weight is 272 g/mol. The van der Waals surface area contributed by atoms with Gasteiger partial charge in [-0.3, -0.25) is 0 Å². The van der Waals surface area contributed by atoms with E-state index in [0.29, 0.717) is 10.7 Å². The van der Waals surface area contributed by atoms with Gasteiger partial charge in [0.25, 0.3) is 0 Å². The molecule has 19 heavy (non-hydrogen) atoms. The molecule has 0 atom stereocenters. The SMILES string of the molecule is O=c1oc(-c2ccccc2)cc(O)c1[SH]1C=CC=C1. The van der Waals surface area contributed by atoms with Gasteiger partial charge in [-0.25, -0.2) is 4.79 Å². The zero-order valence-electron chi connectivity index (χ0n) is 9.98. The molecule has 0 fully saturated rings. The minimum absolute atomic E-state index is 0.00239. The van der Waals surface area contributed by atoms with Gasteiger partial charge in [-0.1, -0.05) is 42.5 Å². The van der Waals surface area contributed by atoms with Gasteiger partial charge in [0.2, 0.25) is 0 Å². The first-order valence-electron chi connectivity index (χ1n) is 5.81. The molecular formula is C15H12O3S. The molecule has 1 aromatic heterocycles. The van der Waals surface area contributed by atoms with Gasteiger partial charge >= 0.3 is 5.63 Å². The molecule has 1 aromatic carbocycles. The molecule has 3 rings (SSSR count). The summed E-state index contributed by atoms with van der Waals surface area (Å²) in [6.07, 6.45) is 3.74. The van der Waals surface area contributed by atoms with Crippen molar-refractivity contribution in [2.75, 3.05) is 0 Å². The highest BCUT2D eigenvalue weighted by molar-refractivity contribution is 8.22. The van der Waals surface area contributed by atoms with E-state index in [2.05, 4.69) is 0 Å². The lowest BCUT2D eigenvalue weighted by Gasteiger charge is -2.11. The number of rotatable bonds is 2. The van der Waals surface area contributed by atoms with Crippen LogP contribution in [0.3, 0.4) is 0 Å². The van der Waals surface area contributed by atoms with Crippen LogP contribution in [0.4, 0.5) is 0 Å². The Hall–Kier alpha value is -2.20. The third-order valence-corrected chi connectivity index (χ3v) is 4.74. The summed E-state index contributed by atoms with van der Waals surface area (Å²) in [4.78, 5) is 12.4. The number of allylic oxidation sites excluding steroid dienone is 2. The molecule has 1 N–H and O–H groups in total. The number of hydrogen-bond acceptors (Lipinski definition) is 3. The molecule has 96 valence electrons. The molecular weight excluding hydrogens is 260 g/mol. The predicted molar refractivity (Wildman–Crippen MR) is 77.6 cm³/mol. The number of hydrogen-bond donors (Lipinski definition) is 2. The smallest absolute Gasteiger partial charge is 0.352 e. The molecule has 0 bridgehead atoms. The third kappa shape index (κ3) is 2.22. The van der Waals surface area contributed by atoms with Gasteiger partial charge in [-0.15, -0.1) is 0 Å². The van der Waals surface area contributed by atoms with Crippen LogP contribution in [0, 0.1) is 0 Å². The Morgan fingerprint density at radius 2 is 1.74 bits per heavy atom. The minimum Gasteiger partial charge on any atom is -0.506 e. The first-order valence-corrected chi connectivity index (χ1v) is 7.29. The van der Waals surface area contributed by atoms with Crippen LogP contribution in [0.5, 0.6) is 5.75 Å². The second-order valence-electron chi connectivity index (χ2n) is 4.09. The van der Waals surface area contributed by atoms with Gasteiger partial charge in [-0.05, 0) is 10.8 Å². The Morgan fingerprint density at radius 3 is 2.37 bits per heavy atom. The summed E-state index contributed by atoms with van der Waals surface area (Å²) in [7, 11) is -0.881. The lowest BCUT2D eigenvalue weighted by atomic mass is 10.1. The van der Waals surface area contributed by atoms with E-state index < -0.39 is 16.5 Å². The largest absolute Gasteiger partial charge is 0.506 e. The Morgan fingerprint density at radius 1 is 1.05 bits per heavy atom. The van der Waals surface area contributed by atoms with Gasteiger partial charge in [0.05, 0.1) is 0 Å². The van der Waals surface area contributed by atoms with Crippen LogP contribution in [0.15, 0.2) is 73.5 Å². The quantitative estimate of drug-likeness (QED) is 0.824. The maximum Gasteiger partial charge on any atom is 0.352 e. The van der Waals surface area contributed by atoms with Crippen LogP contribution in [0.25, 0.3) is 11.3 Å². The van der Waals surface area contributed by atoms with Crippen LogP contribution >= 0.6 is 10.9 Å². The average Bonchev–Trinajstić information content (AvgIpc) is 2.93. The minimum atomic E-state index is -0.881. The van der Waals surface area contributed by atoms with Crippen LogP contribution in [-0.4, -0.2) is 5.11 Å². The highest BCUT2D eigenvalue weighted by Gasteiger charge is 2.17. The normalized spacial score (nSPS) is 15.1. The molecule has 0 aliphatic carbocycles. The van der Waals surface area contributed by atoms with E-state index in [4.69, 9.17) is 4.42 Å². The monoisotopic (exact) mass is 272 g/mol. The first-order chi connectivity index (χ1) is 9.25. The molecule has 0 spiro atoms. The second kappa shape index (κ2) is 4.82. The standard InChI is InChI=1S/C15H12O3S/c16-12-10-13(11-6-2-1-3-7-11)18-15(17)14(12)19-8-4-5-9-19/h1-10,16,19H. The molecule has 0 amide bonds. The molecule has 0 radical (unpaired) electrons. The Labute approximate surface area is 112 Å². The van der Waals surface area contributed by atoms with Crippen molar-refractivity contribution < 1.29 is 9.52 Å². The Bertz CT molecular complexity index is 702. The maximum atomic E-state index is 12.0. The zero-order valence-corrected chi connectivity index (χ0v) is 10.9. The van der Waals surface area contributed by atoms with Crippen molar-refractivity contribution in [1.82, 2.24) is 0 Å². The molecule has 1 aliphatic heterocycles. The molecule has 0 saturated heterocycles. The number of thiol groups is 1. The van der Waals surface area contributed by atoms with E-state index in [0.717, 1.165) is 5.56 Å².